The predicted molar refractivity (Wildman–Crippen MR) is 326 cm³/mol. The monoisotopic (exact) mass is 1310 g/mol. The maximum Gasteiger partial charge on any atom is 0.416 e. The molecular formula is C63H57F7N12O8S2. The number of carbonyl (C=O) groups is 3. The fourth-order valence-corrected chi connectivity index (χ4v) is 12.8. The second kappa shape index (κ2) is 25.2. The van der Waals surface area contributed by atoms with Crippen LogP contribution in [-0.4, -0.2) is 111 Å². The molecule has 0 aliphatic carbocycles. The number of H-pyrrole nitrogens is 2. The number of piperidine rings is 2. The van der Waals surface area contributed by atoms with E-state index in [1.54, 1.807) is 86.3 Å². The summed E-state index contributed by atoms with van der Waals surface area (Å²) in [5.74, 6) is -7.29. The lowest BCUT2D eigenvalue weighted by Gasteiger charge is -2.33. The molecule has 1 amide bonds. The molecule has 0 spiro atoms. The van der Waals surface area contributed by atoms with Crippen molar-refractivity contribution in [3.05, 3.63) is 191 Å². The number of sulfonamides is 2. The van der Waals surface area contributed by atoms with Gasteiger partial charge in [-0.3, -0.25) is 28.4 Å². The van der Waals surface area contributed by atoms with Crippen molar-refractivity contribution in [3.8, 4) is 22.3 Å². The highest BCUT2D eigenvalue weighted by Crippen LogP contribution is 2.36. The van der Waals surface area contributed by atoms with E-state index in [2.05, 4.69) is 40.2 Å². The van der Waals surface area contributed by atoms with Crippen LogP contribution in [0.1, 0.15) is 102 Å². The second-order valence-corrected chi connectivity index (χ2v) is 26.4. The van der Waals surface area contributed by atoms with Crippen LogP contribution in [0.25, 0.3) is 44.3 Å². The highest BCUT2D eigenvalue weighted by Gasteiger charge is 2.33. The fraction of sp³-hybridized carbons (Fsp3) is 0.254. The van der Waals surface area contributed by atoms with Crippen LogP contribution < -0.4 is 14.8 Å². The van der Waals surface area contributed by atoms with Crippen LogP contribution in [-0.2, 0) is 31.0 Å². The van der Waals surface area contributed by atoms with E-state index in [1.807, 2.05) is 15.6 Å². The molecule has 2 aliphatic heterocycles. The zero-order chi connectivity index (χ0) is 65.6. The van der Waals surface area contributed by atoms with Crippen LogP contribution in [0, 0.1) is 30.2 Å². The molecule has 8 heterocycles. The van der Waals surface area contributed by atoms with E-state index >= 15 is 13.2 Å². The first-order chi connectivity index (χ1) is 43.6. The number of alkyl halides is 3. The Balaban J connectivity index is 0.000000193. The highest BCUT2D eigenvalue weighted by atomic mass is 32.2. The van der Waals surface area contributed by atoms with E-state index in [0.717, 1.165) is 55.3 Å². The predicted octanol–water partition coefficient (Wildman–Crippen LogP) is 12.3. The SMILES string of the molecule is CC(C)(C)OC(=O)N1CCC(n2cc(-c3cnc4[nH]cc(C(=O)c5c(F)ccc(NS(=O)(=O)c6ccc(C(F)(F)F)cc6)c5F)c4c3)cn2)CC1.Cc1ccc(S(=O)(=O)Nc2ccc(F)c(C(=O)c3c[nH]c4ncc(-c5cnn(C6CCNCC6)c5)cc34)c2F)cc1. The molecule has 478 valence electrons. The number of amides is 1. The van der Waals surface area contributed by atoms with Crippen LogP contribution in [0.5, 0.6) is 0 Å². The quantitative estimate of drug-likeness (QED) is 0.0502. The van der Waals surface area contributed by atoms with Gasteiger partial charge in [0, 0.05) is 94.4 Å². The van der Waals surface area contributed by atoms with Crippen LogP contribution in [0.3, 0.4) is 0 Å². The first-order valence-electron chi connectivity index (χ1n) is 28.7. The van der Waals surface area contributed by atoms with Crippen LogP contribution in [0.2, 0.25) is 0 Å². The summed E-state index contributed by atoms with van der Waals surface area (Å²) in [6, 6.07) is 15.3. The Labute approximate surface area is 521 Å². The average molecular weight is 1310 g/mol. The highest BCUT2D eigenvalue weighted by molar-refractivity contribution is 7.93. The number of hydrogen-bond donors (Lipinski definition) is 5. The Morgan fingerprint density at radius 2 is 1.02 bits per heavy atom. The van der Waals surface area contributed by atoms with Crippen molar-refractivity contribution >= 4 is 71.1 Å². The van der Waals surface area contributed by atoms with Gasteiger partial charge in [0.2, 0.25) is 11.6 Å². The van der Waals surface area contributed by atoms with Gasteiger partial charge >= 0.3 is 12.3 Å². The Morgan fingerprint density at radius 3 is 1.46 bits per heavy atom. The van der Waals surface area contributed by atoms with Crippen LogP contribution in [0.4, 0.5) is 46.9 Å². The number of aromatic amines is 2. The van der Waals surface area contributed by atoms with Gasteiger partial charge in [-0.25, -0.2) is 49.2 Å². The summed E-state index contributed by atoms with van der Waals surface area (Å²) in [5, 5.41) is 12.9. The summed E-state index contributed by atoms with van der Waals surface area (Å²) in [7, 11) is -8.83. The number of pyridine rings is 2. The lowest BCUT2D eigenvalue weighted by molar-refractivity contribution is -0.137. The third kappa shape index (κ3) is 13.5. The van der Waals surface area contributed by atoms with Crippen molar-refractivity contribution in [2.45, 2.75) is 87.0 Å². The van der Waals surface area contributed by atoms with Gasteiger partial charge in [-0.1, -0.05) is 17.7 Å². The number of carbonyl (C=O) groups excluding carboxylic acids is 3. The van der Waals surface area contributed by atoms with Gasteiger partial charge in [0.25, 0.3) is 20.0 Å². The van der Waals surface area contributed by atoms with Crippen molar-refractivity contribution in [1.29, 1.82) is 0 Å². The Morgan fingerprint density at radius 1 is 0.587 bits per heavy atom. The normalized spacial score (nSPS) is 14.5. The second-order valence-electron chi connectivity index (χ2n) is 23.0. The molecule has 2 fully saturated rings. The topological polar surface area (TPSA) is 261 Å². The Kier molecular flexibility index (Phi) is 17.4. The molecule has 0 saturated carbocycles. The molecule has 2 aliphatic rings. The molecule has 10 aromatic rings. The maximum absolute atomic E-state index is 15.7. The van der Waals surface area contributed by atoms with Gasteiger partial charge < -0.3 is 24.9 Å². The summed E-state index contributed by atoms with van der Waals surface area (Å²) in [4.78, 5) is 54.9. The number of aromatic nitrogens is 8. The number of fused-ring (bicyclic) bond motifs is 2. The van der Waals surface area contributed by atoms with E-state index < -0.39 is 99.6 Å². The van der Waals surface area contributed by atoms with E-state index in [4.69, 9.17) is 4.74 Å². The molecule has 92 heavy (non-hydrogen) atoms. The number of aryl methyl sites for hydroxylation is 1. The number of nitrogens with zero attached hydrogens (tertiary/aromatic N) is 7. The van der Waals surface area contributed by atoms with E-state index in [1.165, 1.54) is 30.7 Å². The smallest absolute Gasteiger partial charge is 0.416 e. The molecule has 12 rings (SSSR count). The fourth-order valence-electron chi connectivity index (χ4n) is 10.7. The van der Waals surface area contributed by atoms with Crippen molar-refractivity contribution in [3.63, 3.8) is 0 Å². The number of ether oxygens (including phenoxy) is 1. The van der Waals surface area contributed by atoms with Crippen molar-refractivity contribution in [2.75, 3.05) is 35.6 Å². The average Bonchev–Trinajstić information content (AvgIpc) is 1.55. The van der Waals surface area contributed by atoms with Crippen LogP contribution >= 0.6 is 0 Å². The van der Waals surface area contributed by atoms with Crippen LogP contribution in [0.15, 0.2) is 144 Å². The van der Waals surface area contributed by atoms with E-state index in [9.17, 15) is 48.8 Å². The molecule has 0 atom stereocenters. The van der Waals surface area contributed by atoms with Crippen molar-refractivity contribution < 1.29 is 66.7 Å². The number of likely N-dealkylation sites (tertiary alicyclic amines) is 1. The van der Waals surface area contributed by atoms with E-state index in [0.29, 0.717) is 84.0 Å². The van der Waals surface area contributed by atoms with Gasteiger partial charge in [0.1, 0.15) is 28.5 Å². The number of anilines is 2. The minimum absolute atomic E-state index is 0.00330. The number of ketones is 2. The number of halogens is 7. The van der Waals surface area contributed by atoms with Crippen molar-refractivity contribution in [1.82, 2.24) is 49.7 Å². The molecule has 2 saturated heterocycles. The number of benzene rings is 4. The Hall–Kier alpha value is -9.74. The lowest BCUT2D eigenvalue weighted by Crippen LogP contribution is -2.42. The van der Waals surface area contributed by atoms with Gasteiger partial charge in [-0.15, -0.1) is 0 Å². The largest absolute Gasteiger partial charge is 0.444 e. The lowest BCUT2D eigenvalue weighted by atomic mass is 10.0. The third-order valence-electron chi connectivity index (χ3n) is 15.5. The molecule has 4 aromatic carbocycles. The first-order valence-corrected chi connectivity index (χ1v) is 31.7. The summed E-state index contributed by atoms with van der Waals surface area (Å²) >= 11 is 0. The zero-order valence-corrected chi connectivity index (χ0v) is 51.0. The Bertz CT molecular complexity index is 4700. The maximum atomic E-state index is 15.7. The minimum atomic E-state index is -4.71. The number of nitrogens with one attached hydrogen (secondary N) is 5. The molecule has 29 heteroatoms. The standard InChI is InChI=1S/C34H31F5N6O5S.C29H26F2N6O3S/c1-33(2,3)50-32(47)44-12-10-22(11-13-44)45-18-20(16-42-45)19-14-24-25(17-41-31(24)40-15-19)30(46)28-26(35)8-9-27(29(28)36)43-51(48,49)23-6-4-21(5-7-23)34(37,38)39;1-17-2-4-21(5-3-17)41(39,40)36-25-7-6-24(30)26(27(25)31)28(38)23-15-34-29-22(23)12-18(13-33-29)19-14-35-37(16-19)20-8-10-32-11-9-20/h4-9,14-18,22,43H,10-13H2,1-3H3,(H,40,41);2-7,12-16,20,32,36H,8-11H2,1H3,(H,33,34). The molecule has 0 bridgehead atoms. The minimum Gasteiger partial charge on any atom is -0.444 e. The molecule has 6 aromatic heterocycles. The van der Waals surface area contributed by atoms with E-state index in [-0.39, 0.29) is 45.2 Å². The molecule has 20 nitrogen and oxygen atoms in total. The first kappa shape index (κ1) is 63.8. The molecule has 0 radical (unpaired) electrons. The van der Waals surface area contributed by atoms with Crippen molar-refractivity contribution in [2.24, 2.45) is 0 Å². The number of rotatable bonds is 14. The van der Waals surface area contributed by atoms with Gasteiger partial charge in [0.05, 0.1) is 62.3 Å². The molecule has 5 N–H and O–H groups in total. The summed E-state index contributed by atoms with van der Waals surface area (Å²) in [6.45, 7) is 10.0. The number of hydrogen-bond acceptors (Lipinski definition) is 13. The van der Waals surface area contributed by atoms with Gasteiger partial charge in [-0.2, -0.15) is 23.4 Å². The summed E-state index contributed by atoms with van der Waals surface area (Å²) in [6.07, 6.45) is 10.9. The summed E-state index contributed by atoms with van der Waals surface area (Å²) < 4.78 is 165. The molecule has 0 unspecified atom stereocenters. The van der Waals surface area contributed by atoms with Gasteiger partial charge in [-0.05, 0) is 139 Å². The van der Waals surface area contributed by atoms with Gasteiger partial charge in [0.15, 0.2) is 11.6 Å². The molecular weight excluding hydrogens is 1250 g/mol. The third-order valence-corrected chi connectivity index (χ3v) is 18.3. The zero-order valence-electron chi connectivity index (χ0n) is 49.4. The summed E-state index contributed by atoms with van der Waals surface area (Å²) in [5.41, 5.74) is -0.987.